The fourth-order valence-electron chi connectivity index (χ4n) is 3.26. The van der Waals surface area contributed by atoms with Crippen molar-refractivity contribution in [3.8, 4) is 0 Å². The highest BCUT2D eigenvalue weighted by molar-refractivity contribution is 5.96. The van der Waals surface area contributed by atoms with E-state index in [9.17, 15) is 9.59 Å². The van der Waals surface area contributed by atoms with Gasteiger partial charge in [0.15, 0.2) is 0 Å². The molecule has 3 rings (SSSR count). The minimum Gasteiger partial charge on any atom is -0.332 e. The van der Waals surface area contributed by atoms with Gasteiger partial charge in [-0.2, -0.15) is 0 Å². The van der Waals surface area contributed by atoms with Crippen LogP contribution in [0, 0.1) is 0 Å². The summed E-state index contributed by atoms with van der Waals surface area (Å²) in [6, 6.07) is 17.4. The van der Waals surface area contributed by atoms with Gasteiger partial charge in [0.05, 0.1) is 12.6 Å². The maximum atomic E-state index is 12.9. The predicted octanol–water partition coefficient (Wildman–Crippen LogP) is 3.24. The van der Waals surface area contributed by atoms with E-state index in [4.69, 9.17) is 0 Å². The summed E-state index contributed by atoms with van der Waals surface area (Å²) in [7, 11) is 1.72. The molecule has 1 heterocycles. The summed E-state index contributed by atoms with van der Waals surface area (Å²) in [4.78, 5) is 26.4. The zero-order valence-corrected chi connectivity index (χ0v) is 15.6. The van der Waals surface area contributed by atoms with Gasteiger partial charge in [0.25, 0.3) is 5.91 Å². The van der Waals surface area contributed by atoms with Crippen molar-refractivity contribution in [3.63, 3.8) is 0 Å². The number of nitrogens with one attached hydrogen (secondary N) is 2. The molecule has 2 amide bonds. The van der Waals surface area contributed by atoms with Gasteiger partial charge in [-0.1, -0.05) is 30.3 Å². The number of anilines is 1. The normalized spacial score (nSPS) is 16.0. The van der Waals surface area contributed by atoms with Crippen LogP contribution in [-0.4, -0.2) is 36.9 Å². The Bertz CT molecular complexity index is 734. The lowest BCUT2D eigenvalue weighted by molar-refractivity contribution is -0.115. The van der Waals surface area contributed by atoms with Crippen molar-refractivity contribution >= 4 is 29.9 Å². The van der Waals surface area contributed by atoms with Gasteiger partial charge < -0.3 is 15.5 Å². The van der Waals surface area contributed by atoms with E-state index >= 15 is 0 Å². The fourth-order valence-corrected chi connectivity index (χ4v) is 3.26. The number of carbonyl (C=O) groups is 2. The number of halogens is 1. The van der Waals surface area contributed by atoms with Crippen LogP contribution in [0.2, 0.25) is 0 Å². The molecule has 2 aromatic rings. The maximum Gasteiger partial charge on any atom is 0.254 e. The molecule has 0 bridgehead atoms. The van der Waals surface area contributed by atoms with Crippen LogP contribution in [0.25, 0.3) is 0 Å². The first-order valence-electron chi connectivity index (χ1n) is 8.59. The molecule has 0 radical (unpaired) electrons. The number of hydrogen-bond donors (Lipinski definition) is 2. The number of carbonyl (C=O) groups excluding carboxylic acids is 2. The Kier molecular flexibility index (Phi) is 7.18. The van der Waals surface area contributed by atoms with Gasteiger partial charge in [-0.3, -0.25) is 9.59 Å². The minimum atomic E-state index is -0.106. The summed E-state index contributed by atoms with van der Waals surface area (Å²) < 4.78 is 0. The Labute approximate surface area is 160 Å². The molecule has 2 N–H and O–H groups in total. The lowest BCUT2D eigenvalue weighted by Gasteiger charge is -2.25. The van der Waals surface area contributed by atoms with Gasteiger partial charge in [-0.25, -0.2) is 0 Å². The van der Waals surface area contributed by atoms with E-state index in [2.05, 4.69) is 22.8 Å². The van der Waals surface area contributed by atoms with Crippen molar-refractivity contribution < 1.29 is 9.59 Å². The van der Waals surface area contributed by atoms with E-state index in [1.165, 1.54) is 5.56 Å². The van der Waals surface area contributed by atoms with Crippen LogP contribution < -0.4 is 10.6 Å². The summed E-state index contributed by atoms with van der Waals surface area (Å²) in [6.45, 7) is 1.03. The zero-order chi connectivity index (χ0) is 17.6. The Morgan fingerprint density at radius 3 is 2.42 bits per heavy atom. The monoisotopic (exact) mass is 373 g/mol. The third kappa shape index (κ3) is 4.62. The topological polar surface area (TPSA) is 61.4 Å². The summed E-state index contributed by atoms with van der Waals surface area (Å²) in [5.74, 6) is -0.0651. The molecule has 0 saturated carbocycles. The number of amides is 2. The Morgan fingerprint density at radius 2 is 1.77 bits per heavy atom. The second kappa shape index (κ2) is 9.36. The molecule has 0 aliphatic carbocycles. The largest absolute Gasteiger partial charge is 0.332 e. The Balaban J connectivity index is 0.00000243. The van der Waals surface area contributed by atoms with Crippen molar-refractivity contribution in [1.29, 1.82) is 0 Å². The fraction of sp³-hybridized carbons (Fsp3) is 0.300. The molecule has 1 aliphatic rings. The first-order valence-corrected chi connectivity index (χ1v) is 8.59. The summed E-state index contributed by atoms with van der Waals surface area (Å²) in [6.07, 6.45) is 2.01. The first kappa shape index (κ1) is 19.9. The first-order chi connectivity index (χ1) is 12.2. The predicted molar refractivity (Wildman–Crippen MR) is 106 cm³/mol. The molecule has 1 aliphatic heterocycles. The second-order valence-electron chi connectivity index (χ2n) is 6.22. The molecular weight excluding hydrogens is 350 g/mol. The highest BCUT2D eigenvalue weighted by Crippen LogP contribution is 2.33. The van der Waals surface area contributed by atoms with Crippen molar-refractivity contribution in [2.45, 2.75) is 18.9 Å². The van der Waals surface area contributed by atoms with E-state index in [0.29, 0.717) is 11.3 Å². The van der Waals surface area contributed by atoms with Crippen LogP contribution in [0.5, 0.6) is 0 Å². The van der Waals surface area contributed by atoms with Crippen LogP contribution in [0.15, 0.2) is 54.6 Å². The molecule has 1 atom stereocenters. The van der Waals surface area contributed by atoms with Gasteiger partial charge in [0.2, 0.25) is 5.91 Å². The van der Waals surface area contributed by atoms with Crippen LogP contribution in [0.4, 0.5) is 5.69 Å². The van der Waals surface area contributed by atoms with Gasteiger partial charge in [0, 0.05) is 17.8 Å². The number of nitrogens with zero attached hydrogens (tertiary/aromatic N) is 1. The standard InChI is InChI=1S/C20H23N3O2.ClH/c1-21-14-19(24)22-17-11-9-16(10-12-17)20(25)23-13-5-8-18(23)15-6-3-2-4-7-15;/h2-4,6-7,9-12,18,21H,5,8,13-14H2,1H3,(H,22,24);1H. The number of benzene rings is 2. The molecule has 1 fully saturated rings. The number of likely N-dealkylation sites (tertiary alicyclic amines) is 1. The number of hydrogen-bond acceptors (Lipinski definition) is 3. The quantitative estimate of drug-likeness (QED) is 0.845. The van der Waals surface area contributed by atoms with Crippen LogP contribution in [-0.2, 0) is 4.79 Å². The third-order valence-corrected chi connectivity index (χ3v) is 4.45. The van der Waals surface area contributed by atoms with E-state index in [-0.39, 0.29) is 36.8 Å². The summed E-state index contributed by atoms with van der Waals surface area (Å²) >= 11 is 0. The second-order valence-corrected chi connectivity index (χ2v) is 6.22. The third-order valence-electron chi connectivity index (χ3n) is 4.45. The highest BCUT2D eigenvalue weighted by Gasteiger charge is 2.30. The molecule has 0 aromatic heterocycles. The Hall–Kier alpha value is -2.37. The van der Waals surface area contributed by atoms with Crippen molar-refractivity contribution in [2.75, 3.05) is 25.5 Å². The SMILES string of the molecule is CNCC(=O)Nc1ccc(C(=O)N2CCCC2c2ccccc2)cc1.Cl. The van der Waals surface area contributed by atoms with E-state index in [0.717, 1.165) is 19.4 Å². The molecule has 1 saturated heterocycles. The maximum absolute atomic E-state index is 12.9. The van der Waals surface area contributed by atoms with Gasteiger partial charge in [0.1, 0.15) is 0 Å². The van der Waals surface area contributed by atoms with Crippen molar-refractivity contribution in [1.82, 2.24) is 10.2 Å². The van der Waals surface area contributed by atoms with Gasteiger partial charge in [-0.05, 0) is 49.7 Å². The van der Waals surface area contributed by atoms with Crippen LogP contribution in [0.3, 0.4) is 0 Å². The van der Waals surface area contributed by atoms with Crippen LogP contribution in [0.1, 0.15) is 34.8 Å². The summed E-state index contributed by atoms with van der Waals surface area (Å²) in [5.41, 5.74) is 2.52. The van der Waals surface area contributed by atoms with Gasteiger partial charge in [-0.15, -0.1) is 12.4 Å². The minimum absolute atomic E-state index is 0. The molecule has 5 nitrogen and oxygen atoms in total. The lowest BCUT2D eigenvalue weighted by atomic mass is 10.0. The lowest BCUT2D eigenvalue weighted by Crippen LogP contribution is -2.30. The van der Waals surface area contributed by atoms with Gasteiger partial charge >= 0.3 is 0 Å². The van der Waals surface area contributed by atoms with E-state index in [1.807, 2.05) is 23.1 Å². The smallest absolute Gasteiger partial charge is 0.254 e. The molecule has 26 heavy (non-hydrogen) atoms. The average Bonchev–Trinajstić information content (AvgIpc) is 3.12. The molecule has 2 aromatic carbocycles. The van der Waals surface area contributed by atoms with Crippen LogP contribution >= 0.6 is 12.4 Å². The number of likely N-dealkylation sites (N-methyl/N-ethyl adjacent to an activating group) is 1. The molecule has 6 heteroatoms. The zero-order valence-electron chi connectivity index (χ0n) is 14.8. The average molecular weight is 374 g/mol. The highest BCUT2D eigenvalue weighted by atomic mass is 35.5. The molecule has 0 spiro atoms. The Morgan fingerprint density at radius 1 is 1.08 bits per heavy atom. The molecular formula is C20H24ClN3O2. The molecule has 1 unspecified atom stereocenters. The van der Waals surface area contributed by atoms with Crippen molar-refractivity contribution in [3.05, 3.63) is 65.7 Å². The van der Waals surface area contributed by atoms with Crippen molar-refractivity contribution in [2.24, 2.45) is 0 Å². The molecule has 138 valence electrons. The number of rotatable bonds is 5. The van der Waals surface area contributed by atoms with E-state index < -0.39 is 0 Å². The van der Waals surface area contributed by atoms with E-state index in [1.54, 1.807) is 31.3 Å². The summed E-state index contributed by atoms with van der Waals surface area (Å²) in [5, 5.41) is 5.59.